The Kier molecular flexibility index (Phi) is 3.53. The molecule has 106 valence electrons. The Bertz CT molecular complexity index is 559. The molecule has 1 fully saturated rings. The van der Waals surface area contributed by atoms with Crippen LogP contribution in [0.15, 0.2) is 30.4 Å². The maximum Gasteiger partial charge on any atom is 0.279 e. The van der Waals surface area contributed by atoms with Crippen molar-refractivity contribution in [2.24, 2.45) is 11.8 Å². The number of carbonyl (C=O) groups excluding carboxylic acids is 1. The first-order valence-corrected chi connectivity index (χ1v) is 6.88. The molecule has 3 rings (SSSR count). The zero-order valence-electron chi connectivity index (χ0n) is 11.0. The minimum absolute atomic E-state index is 0.193. The molecule has 0 bridgehead atoms. The van der Waals surface area contributed by atoms with Crippen molar-refractivity contribution in [2.45, 2.75) is 18.9 Å². The predicted octanol–water partition coefficient (Wildman–Crippen LogP) is 1.43. The third-order valence-corrected chi connectivity index (χ3v) is 4.22. The Balaban J connectivity index is 1.47. The van der Waals surface area contributed by atoms with E-state index in [-0.39, 0.29) is 11.6 Å². The van der Waals surface area contributed by atoms with Crippen LogP contribution in [0.5, 0.6) is 0 Å². The molecular weight excluding hydrogens is 262 g/mol. The molecule has 3 atom stereocenters. The second-order valence-corrected chi connectivity index (χ2v) is 5.52. The number of nitrogens with two attached hydrogens (primary N) is 1. The maximum atomic E-state index is 13.0. The molecule has 20 heavy (non-hydrogen) atoms. The van der Waals surface area contributed by atoms with E-state index >= 15 is 0 Å². The lowest BCUT2D eigenvalue weighted by Gasteiger charge is -2.37. The van der Waals surface area contributed by atoms with Crippen molar-refractivity contribution in [1.82, 2.24) is 0 Å². The average molecular weight is 279 g/mol. The number of carbonyl (C=O) groups is 1. The fraction of sp³-hybridized carbons (Fsp3) is 0.400. The minimum atomic E-state index is -0.954. The lowest BCUT2D eigenvalue weighted by molar-refractivity contribution is -0.697. The number of allylic oxidation sites excluding steroid dienone is 1. The molecule has 0 aromatic heterocycles. The van der Waals surface area contributed by atoms with Crippen molar-refractivity contribution in [1.29, 1.82) is 0 Å². The highest BCUT2D eigenvalue weighted by Gasteiger charge is 2.43. The molecule has 0 saturated heterocycles. The Labute approximate surface area is 116 Å². The lowest BCUT2D eigenvalue weighted by Crippen LogP contribution is -2.95. The molecule has 1 amide bonds. The maximum absolute atomic E-state index is 13.0. The molecule has 3 N–H and O–H groups in total. The number of anilines is 1. The summed E-state index contributed by atoms with van der Waals surface area (Å²) in [6.45, 7) is 0.306. The van der Waals surface area contributed by atoms with Crippen LogP contribution in [0.2, 0.25) is 0 Å². The largest absolute Gasteiger partial charge is 0.336 e. The van der Waals surface area contributed by atoms with Gasteiger partial charge in [0.25, 0.3) is 5.91 Å². The summed E-state index contributed by atoms with van der Waals surface area (Å²) < 4.78 is 25.8. The molecule has 0 unspecified atom stereocenters. The number of amides is 1. The van der Waals surface area contributed by atoms with Crippen LogP contribution in [-0.2, 0) is 4.79 Å². The fourth-order valence-corrected chi connectivity index (χ4v) is 3.08. The first kappa shape index (κ1) is 13.2. The molecule has 2 aliphatic carbocycles. The molecule has 0 radical (unpaired) electrons. The van der Waals surface area contributed by atoms with Crippen molar-refractivity contribution < 1.29 is 18.9 Å². The minimum Gasteiger partial charge on any atom is -0.336 e. The van der Waals surface area contributed by atoms with Crippen LogP contribution in [0.25, 0.3) is 0 Å². The van der Waals surface area contributed by atoms with Gasteiger partial charge < -0.3 is 10.6 Å². The fourth-order valence-electron chi connectivity index (χ4n) is 3.08. The molecule has 0 aliphatic heterocycles. The SMILES string of the molecule is O=C(C[NH2+][C@@H]1C[C@H]2CC=C[C@@H]21)Nc1ccc(F)c(F)c1. The Morgan fingerprint density at radius 1 is 1.35 bits per heavy atom. The van der Waals surface area contributed by atoms with Crippen molar-refractivity contribution in [2.75, 3.05) is 11.9 Å². The van der Waals surface area contributed by atoms with Crippen molar-refractivity contribution in [3.05, 3.63) is 42.0 Å². The van der Waals surface area contributed by atoms with Gasteiger partial charge in [-0.05, 0) is 24.5 Å². The number of hydrogen-bond acceptors (Lipinski definition) is 1. The Hall–Kier alpha value is -1.75. The molecule has 1 aromatic carbocycles. The molecule has 3 nitrogen and oxygen atoms in total. The molecule has 1 saturated carbocycles. The summed E-state index contributed by atoms with van der Waals surface area (Å²) >= 11 is 0. The van der Waals surface area contributed by atoms with Gasteiger partial charge in [0.1, 0.15) is 0 Å². The van der Waals surface area contributed by atoms with Gasteiger partial charge in [0, 0.05) is 24.1 Å². The first-order valence-electron chi connectivity index (χ1n) is 6.88. The summed E-state index contributed by atoms with van der Waals surface area (Å²) in [7, 11) is 0. The van der Waals surface area contributed by atoms with E-state index in [9.17, 15) is 13.6 Å². The first-order chi connectivity index (χ1) is 9.63. The van der Waals surface area contributed by atoms with Crippen molar-refractivity contribution in [3.8, 4) is 0 Å². The summed E-state index contributed by atoms with van der Waals surface area (Å²) in [5, 5.41) is 4.61. The number of nitrogens with one attached hydrogen (secondary N) is 1. The van der Waals surface area contributed by atoms with E-state index in [4.69, 9.17) is 0 Å². The van der Waals surface area contributed by atoms with E-state index in [1.54, 1.807) is 0 Å². The number of benzene rings is 1. The quantitative estimate of drug-likeness (QED) is 0.805. The lowest BCUT2D eigenvalue weighted by atomic mass is 9.71. The predicted molar refractivity (Wildman–Crippen MR) is 70.9 cm³/mol. The van der Waals surface area contributed by atoms with E-state index in [0.29, 0.717) is 18.5 Å². The van der Waals surface area contributed by atoms with Crippen LogP contribution in [0.1, 0.15) is 12.8 Å². The van der Waals surface area contributed by atoms with Crippen molar-refractivity contribution >= 4 is 11.6 Å². The summed E-state index contributed by atoms with van der Waals surface area (Å²) in [4.78, 5) is 11.8. The van der Waals surface area contributed by atoms with Gasteiger partial charge in [-0.1, -0.05) is 12.2 Å². The van der Waals surface area contributed by atoms with Gasteiger partial charge in [0.15, 0.2) is 18.2 Å². The Morgan fingerprint density at radius 2 is 2.20 bits per heavy atom. The van der Waals surface area contributed by atoms with E-state index in [1.807, 2.05) is 5.32 Å². The summed E-state index contributed by atoms with van der Waals surface area (Å²) in [6.07, 6.45) is 6.76. The smallest absolute Gasteiger partial charge is 0.279 e. The molecule has 5 heteroatoms. The third-order valence-electron chi connectivity index (χ3n) is 4.22. The van der Waals surface area contributed by atoms with Crippen LogP contribution in [0, 0.1) is 23.5 Å². The second-order valence-electron chi connectivity index (χ2n) is 5.52. The highest BCUT2D eigenvalue weighted by Crippen LogP contribution is 2.40. The van der Waals surface area contributed by atoms with Crippen LogP contribution >= 0.6 is 0 Å². The summed E-state index contributed by atoms with van der Waals surface area (Å²) in [5.74, 6) is -0.689. The zero-order chi connectivity index (χ0) is 14.1. The van der Waals surface area contributed by atoms with Gasteiger partial charge >= 0.3 is 0 Å². The molecule has 2 aliphatic rings. The third kappa shape index (κ3) is 2.58. The number of hydrogen-bond donors (Lipinski definition) is 2. The number of quaternary nitrogens is 1. The van der Waals surface area contributed by atoms with Gasteiger partial charge in [-0.3, -0.25) is 4.79 Å². The van der Waals surface area contributed by atoms with E-state index in [1.165, 1.54) is 6.07 Å². The summed E-state index contributed by atoms with van der Waals surface area (Å²) in [5.41, 5.74) is 0.287. The normalized spacial score (nSPS) is 27.0. The topological polar surface area (TPSA) is 45.7 Å². The highest BCUT2D eigenvalue weighted by molar-refractivity contribution is 5.91. The van der Waals surface area contributed by atoms with Crippen LogP contribution in [0.4, 0.5) is 14.5 Å². The van der Waals surface area contributed by atoms with Gasteiger partial charge in [-0.2, -0.15) is 0 Å². The number of rotatable bonds is 4. The number of halogens is 2. The highest BCUT2D eigenvalue weighted by atomic mass is 19.2. The molecular formula is C15H17F2N2O+. The van der Waals surface area contributed by atoms with Gasteiger partial charge in [0.2, 0.25) is 0 Å². The molecule has 0 spiro atoms. The van der Waals surface area contributed by atoms with Crippen LogP contribution in [0.3, 0.4) is 0 Å². The molecule has 1 aromatic rings. The number of fused-ring (bicyclic) bond motifs is 1. The summed E-state index contributed by atoms with van der Waals surface area (Å²) in [6, 6.07) is 3.84. The standard InChI is InChI=1S/C15H16F2N2O/c16-12-5-4-10(7-13(12)17)19-15(20)8-18-14-6-9-2-1-3-11(9)14/h1,3-5,7,9,11,14,18H,2,6,8H2,(H,19,20)/p+1/t9-,11+,14-/m1/s1. The van der Waals surface area contributed by atoms with E-state index in [2.05, 4.69) is 17.5 Å². The van der Waals surface area contributed by atoms with Crippen molar-refractivity contribution in [3.63, 3.8) is 0 Å². The van der Waals surface area contributed by atoms with Gasteiger partial charge in [-0.15, -0.1) is 0 Å². The molecule has 0 heterocycles. The second kappa shape index (κ2) is 5.32. The van der Waals surface area contributed by atoms with Gasteiger partial charge in [-0.25, -0.2) is 8.78 Å². The van der Waals surface area contributed by atoms with E-state index < -0.39 is 11.6 Å². The van der Waals surface area contributed by atoms with Crippen LogP contribution < -0.4 is 10.6 Å². The zero-order valence-corrected chi connectivity index (χ0v) is 11.0. The average Bonchev–Trinajstić information content (AvgIpc) is 2.76. The Morgan fingerprint density at radius 3 is 2.95 bits per heavy atom. The van der Waals surface area contributed by atoms with Crippen LogP contribution in [-0.4, -0.2) is 18.5 Å². The van der Waals surface area contributed by atoms with E-state index in [0.717, 1.165) is 30.9 Å². The van der Waals surface area contributed by atoms with Gasteiger partial charge in [0.05, 0.1) is 6.04 Å². The monoisotopic (exact) mass is 279 g/mol.